The predicted molar refractivity (Wildman–Crippen MR) is 115 cm³/mol. The zero-order valence-electron chi connectivity index (χ0n) is 18.5. The molecule has 1 saturated carbocycles. The monoisotopic (exact) mass is 403 g/mol. The van der Waals surface area contributed by atoms with Gasteiger partial charge in [-0.1, -0.05) is 12.2 Å². The van der Waals surface area contributed by atoms with E-state index in [2.05, 4.69) is 60.4 Å². The largest absolute Gasteiger partial charge is 0.356 e. The summed E-state index contributed by atoms with van der Waals surface area (Å²) in [6.45, 7) is 11.7. The lowest BCUT2D eigenvalue weighted by atomic mass is 9.85. The highest BCUT2D eigenvalue weighted by Gasteiger charge is 2.58. The zero-order chi connectivity index (χ0) is 21.1. The number of hydrogen-bond acceptors (Lipinski definition) is 4. The Morgan fingerprint density at radius 1 is 1.07 bits per heavy atom. The molecule has 29 heavy (non-hydrogen) atoms. The quantitative estimate of drug-likeness (QED) is 0.200. The SMILES string of the molecule is CN=C(NCCCN(C(C)C)C(C)C)NCCN1C(=O)C2C3C=CC(C3)C2C1=O. The van der Waals surface area contributed by atoms with E-state index in [0.717, 1.165) is 25.9 Å². The summed E-state index contributed by atoms with van der Waals surface area (Å²) < 4.78 is 0. The number of fused-ring (bicyclic) bond motifs is 5. The van der Waals surface area contributed by atoms with Crippen LogP contribution in [0.3, 0.4) is 0 Å². The summed E-state index contributed by atoms with van der Waals surface area (Å²) in [6, 6.07) is 1.07. The number of carbonyl (C=O) groups excluding carboxylic acids is 2. The molecule has 1 heterocycles. The Labute approximate surface area is 175 Å². The van der Waals surface area contributed by atoms with Gasteiger partial charge in [-0.3, -0.25) is 24.4 Å². The highest BCUT2D eigenvalue weighted by molar-refractivity contribution is 6.06. The Kier molecular flexibility index (Phi) is 6.98. The van der Waals surface area contributed by atoms with Crippen LogP contribution in [0.2, 0.25) is 0 Å². The number of carbonyl (C=O) groups is 2. The van der Waals surface area contributed by atoms with Crippen molar-refractivity contribution in [2.75, 3.05) is 33.2 Å². The van der Waals surface area contributed by atoms with Crippen molar-refractivity contribution >= 4 is 17.8 Å². The smallest absolute Gasteiger partial charge is 0.233 e. The Morgan fingerprint density at radius 3 is 2.14 bits per heavy atom. The molecule has 2 amide bonds. The van der Waals surface area contributed by atoms with Crippen molar-refractivity contribution in [2.24, 2.45) is 28.7 Å². The first-order chi connectivity index (χ1) is 13.8. The fourth-order valence-electron chi connectivity index (χ4n) is 5.27. The summed E-state index contributed by atoms with van der Waals surface area (Å²) in [5.41, 5.74) is 0. The molecule has 3 aliphatic rings. The van der Waals surface area contributed by atoms with Gasteiger partial charge in [0.05, 0.1) is 11.8 Å². The molecule has 4 unspecified atom stereocenters. The fourth-order valence-corrected chi connectivity index (χ4v) is 5.27. The number of likely N-dealkylation sites (tertiary alicyclic amines) is 1. The van der Waals surface area contributed by atoms with Gasteiger partial charge in [-0.15, -0.1) is 0 Å². The molecule has 2 fully saturated rings. The Hall–Kier alpha value is -1.89. The molecule has 2 N–H and O–H groups in total. The van der Waals surface area contributed by atoms with Crippen molar-refractivity contribution in [1.82, 2.24) is 20.4 Å². The van der Waals surface area contributed by atoms with Crippen molar-refractivity contribution < 1.29 is 9.59 Å². The number of rotatable bonds is 9. The topological polar surface area (TPSA) is 77.0 Å². The fraction of sp³-hybridized carbons (Fsp3) is 0.773. The molecule has 7 nitrogen and oxygen atoms in total. The van der Waals surface area contributed by atoms with Gasteiger partial charge in [0.15, 0.2) is 5.96 Å². The van der Waals surface area contributed by atoms with Gasteiger partial charge in [0, 0.05) is 45.3 Å². The van der Waals surface area contributed by atoms with Gasteiger partial charge in [-0.2, -0.15) is 0 Å². The van der Waals surface area contributed by atoms with E-state index in [1.807, 2.05) is 0 Å². The van der Waals surface area contributed by atoms with E-state index < -0.39 is 0 Å². The molecule has 7 heteroatoms. The minimum atomic E-state index is -0.111. The van der Waals surface area contributed by atoms with E-state index in [4.69, 9.17) is 0 Å². The summed E-state index contributed by atoms with van der Waals surface area (Å²) in [7, 11) is 1.74. The van der Waals surface area contributed by atoms with Crippen molar-refractivity contribution in [3.05, 3.63) is 12.2 Å². The van der Waals surface area contributed by atoms with E-state index in [1.54, 1.807) is 7.05 Å². The van der Waals surface area contributed by atoms with Crippen molar-refractivity contribution in [3.8, 4) is 0 Å². The summed E-state index contributed by atoms with van der Waals surface area (Å²) in [6.07, 6.45) is 6.26. The van der Waals surface area contributed by atoms with Gasteiger partial charge >= 0.3 is 0 Å². The number of guanidine groups is 1. The molecule has 0 aromatic carbocycles. The maximum absolute atomic E-state index is 12.7. The number of imide groups is 1. The highest BCUT2D eigenvalue weighted by Crippen LogP contribution is 2.52. The molecule has 2 aliphatic carbocycles. The molecule has 0 spiro atoms. The van der Waals surface area contributed by atoms with Crippen LogP contribution >= 0.6 is 0 Å². The first-order valence-corrected chi connectivity index (χ1v) is 11.1. The average Bonchev–Trinajstić information content (AvgIpc) is 3.35. The van der Waals surface area contributed by atoms with Crippen LogP contribution in [0.1, 0.15) is 40.5 Å². The molecule has 0 aromatic heterocycles. The summed E-state index contributed by atoms with van der Waals surface area (Å²) in [5, 5.41) is 6.57. The van der Waals surface area contributed by atoms with Gasteiger partial charge in [-0.25, -0.2) is 0 Å². The number of nitrogens with zero attached hydrogens (tertiary/aromatic N) is 3. The number of nitrogens with one attached hydrogen (secondary N) is 2. The lowest BCUT2D eigenvalue weighted by Gasteiger charge is -2.30. The van der Waals surface area contributed by atoms with Gasteiger partial charge < -0.3 is 10.6 Å². The predicted octanol–water partition coefficient (Wildman–Crippen LogP) is 1.47. The number of amides is 2. The number of allylic oxidation sites excluding steroid dienone is 2. The van der Waals surface area contributed by atoms with E-state index in [-0.39, 0.29) is 35.5 Å². The van der Waals surface area contributed by atoms with E-state index in [0.29, 0.717) is 31.1 Å². The third-order valence-electron chi connectivity index (χ3n) is 6.63. The van der Waals surface area contributed by atoms with Crippen LogP contribution in [0.4, 0.5) is 0 Å². The second-order valence-corrected chi connectivity index (χ2v) is 9.03. The van der Waals surface area contributed by atoms with Crippen LogP contribution in [0.15, 0.2) is 17.1 Å². The lowest BCUT2D eigenvalue weighted by Crippen LogP contribution is -2.44. The minimum Gasteiger partial charge on any atom is -0.356 e. The lowest BCUT2D eigenvalue weighted by molar-refractivity contribution is -0.140. The zero-order valence-corrected chi connectivity index (χ0v) is 18.5. The highest BCUT2D eigenvalue weighted by atomic mass is 16.2. The van der Waals surface area contributed by atoms with Crippen LogP contribution in [0.5, 0.6) is 0 Å². The van der Waals surface area contributed by atoms with E-state index in [1.165, 1.54) is 4.90 Å². The summed E-state index contributed by atoms with van der Waals surface area (Å²) in [4.78, 5) is 33.6. The Balaban J connectivity index is 1.38. The third kappa shape index (κ3) is 4.49. The van der Waals surface area contributed by atoms with Crippen LogP contribution in [0.25, 0.3) is 0 Å². The van der Waals surface area contributed by atoms with Crippen molar-refractivity contribution in [1.29, 1.82) is 0 Å². The molecule has 3 rings (SSSR count). The third-order valence-corrected chi connectivity index (χ3v) is 6.63. The molecule has 1 aliphatic heterocycles. The van der Waals surface area contributed by atoms with Crippen LogP contribution in [-0.4, -0.2) is 72.9 Å². The Morgan fingerprint density at radius 2 is 1.62 bits per heavy atom. The Bertz CT molecular complexity index is 634. The van der Waals surface area contributed by atoms with Gasteiger partial charge in [0.25, 0.3) is 0 Å². The van der Waals surface area contributed by atoms with Gasteiger partial charge in [-0.05, 0) is 52.4 Å². The van der Waals surface area contributed by atoms with Gasteiger partial charge in [0.1, 0.15) is 0 Å². The average molecular weight is 404 g/mol. The number of aliphatic imine (C=N–C) groups is 1. The molecule has 2 bridgehead atoms. The summed E-state index contributed by atoms with van der Waals surface area (Å²) in [5.74, 6) is 1.06. The van der Waals surface area contributed by atoms with E-state index >= 15 is 0 Å². The van der Waals surface area contributed by atoms with Crippen molar-refractivity contribution in [2.45, 2.75) is 52.6 Å². The van der Waals surface area contributed by atoms with Crippen molar-refractivity contribution in [3.63, 3.8) is 0 Å². The second kappa shape index (κ2) is 9.28. The second-order valence-electron chi connectivity index (χ2n) is 9.03. The molecule has 162 valence electrons. The van der Waals surface area contributed by atoms with Crippen LogP contribution < -0.4 is 10.6 Å². The maximum atomic E-state index is 12.7. The summed E-state index contributed by atoms with van der Waals surface area (Å²) >= 11 is 0. The molecular formula is C22H37N5O2. The first kappa shape index (κ1) is 21.8. The molecule has 1 saturated heterocycles. The van der Waals surface area contributed by atoms with Crippen LogP contribution in [-0.2, 0) is 9.59 Å². The van der Waals surface area contributed by atoms with Gasteiger partial charge in [0.2, 0.25) is 11.8 Å². The normalized spacial score (nSPS) is 28.4. The number of hydrogen-bond donors (Lipinski definition) is 2. The first-order valence-electron chi connectivity index (χ1n) is 11.1. The van der Waals surface area contributed by atoms with E-state index in [9.17, 15) is 9.59 Å². The standard InChI is InChI=1S/C22H37N5O2/c1-14(2)26(15(3)4)11-6-9-24-22(23-5)25-10-12-27-20(28)18-16-7-8-17(13-16)19(18)21(27)29/h7-8,14-19H,6,9-13H2,1-5H3,(H2,23,24,25). The molecule has 0 aromatic rings. The molecule has 0 radical (unpaired) electrons. The molecular weight excluding hydrogens is 366 g/mol. The minimum absolute atomic E-state index is 0.0176. The molecule has 4 atom stereocenters. The van der Waals surface area contributed by atoms with Crippen LogP contribution in [0, 0.1) is 23.7 Å². The maximum Gasteiger partial charge on any atom is 0.233 e.